The fourth-order valence-electron chi connectivity index (χ4n) is 2.80. The Kier molecular flexibility index (Phi) is 5.14. The zero-order valence-electron chi connectivity index (χ0n) is 13.5. The van der Waals surface area contributed by atoms with Crippen LogP contribution in [0.15, 0.2) is 23.1 Å². The molecule has 1 amide bonds. The number of hydrogen-bond acceptors (Lipinski definition) is 6. The summed E-state index contributed by atoms with van der Waals surface area (Å²) >= 11 is 3.09. The Morgan fingerprint density at radius 1 is 1.38 bits per heavy atom. The third-order valence-electron chi connectivity index (χ3n) is 4.13. The van der Waals surface area contributed by atoms with Crippen LogP contribution in [0.4, 0.5) is 5.13 Å². The molecule has 1 aromatic heterocycles. The molecule has 1 aliphatic heterocycles. The number of thioether (sulfide) groups is 1. The third-order valence-corrected chi connectivity index (χ3v) is 7.13. The van der Waals surface area contributed by atoms with Gasteiger partial charge in [0.1, 0.15) is 0 Å². The Balaban J connectivity index is 1.68. The Morgan fingerprint density at radius 2 is 2.08 bits per heavy atom. The maximum absolute atomic E-state index is 12.4. The molecular formula is C15H19N3O3S3. The highest BCUT2D eigenvalue weighted by atomic mass is 32.2. The van der Waals surface area contributed by atoms with E-state index in [0.29, 0.717) is 31.1 Å². The highest BCUT2D eigenvalue weighted by Gasteiger charge is 2.29. The van der Waals surface area contributed by atoms with Gasteiger partial charge in [0.15, 0.2) is 5.13 Å². The molecule has 24 heavy (non-hydrogen) atoms. The number of hydrogen-bond donors (Lipinski definition) is 1. The maximum atomic E-state index is 12.4. The van der Waals surface area contributed by atoms with Crippen LogP contribution in [0.1, 0.15) is 12.8 Å². The molecule has 3 rings (SSSR count). The summed E-state index contributed by atoms with van der Waals surface area (Å²) in [5.41, 5.74) is 0.914. The Morgan fingerprint density at radius 3 is 2.71 bits per heavy atom. The van der Waals surface area contributed by atoms with Gasteiger partial charge in [-0.2, -0.15) is 0 Å². The predicted octanol–water partition coefficient (Wildman–Crippen LogP) is 2.63. The molecule has 0 saturated carbocycles. The van der Waals surface area contributed by atoms with Crippen molar-refractivity contribution in [3.63, 3.8) is 0 Å². The van der Waals surface area contributed by atoms with Crippen molar-refractivity contribution in [2.45, 2.75) is 17.7 Å². The van der Waals surface area contributed by atoms with Gasteiger partial charge in [-0.1, -0.05) is 17.4 Å². The first kappa shape index (κ1) is 17.7. The van der Waals surface area contributed by atoms with E-state index in [4.69, 9.17) is 0 Å². The van der Waals surface area contributed by atoms with Crippen molar-refractivity contribution >= 4 is 54.4 Å². The first-order valence-electron chi connectivity index (χ1n) is 7.58. The van der Waals surface area contributed by atoms with E-state index in [-0.39, 0.29) is 11.8 Å². The van der Waals surface area contributed by atoms with Crippen LogP contribution in [0.5, 0.6) is 0 Å². The Bertz CT molecular complexity index is 855. The molecule has 0 radical (unpaired) electrons. The second-order valence-electron chi connectivity index (χ2n) is 5.75. The van der Waals surface area contributed by atoms with E-state index in [1.807, 2.05) is 24.5 Å². The molecule has 0 atom stereocenters. The second kappa shape index (κ2) is 6.99. The molecule has 2 aromatic rings. The second-order valence-corrected chi connectivity index (χ2v) is 9.61. The molecule has 0 spiro atoms. The zero-order valence-corrected chi connectivity index (χ0v) is 15.9. The van der Waals surface area contributed by atoms with Crippen LogP contribution in [0.2, 0.25) is 0 Å². The van der Waals surface area contributed by atoms with Gasteiger partial charge in [-0.15, -0.1) is 11.8 Å². The lowest BCUT2D eigenvalue weighted by Gasteiger charge is -2.29. The average molecular weight is 386 g/mol. The smallest absolute Gasteiger partial charge is 0.229 e. The van der Waals surface area contributed by atoms with Crippen LogP contribution in [0, 0.1) is 5.92 Å². The molecule has 0 unspecified atom stereocenters. The van der Waals surface area contributed by atoms with Crippen LogP contribution in [0.25, 0.3) is 10.2 Å². The number of carbonyl (C=O) groups excluding carboxylic acids is 1. The molecule has 2 heterocycles. The van der Waals surface area contributed by atoms with Gasteiger partial charge in [-0.3, -0.25) is 4.79 Å². The topological polar surface area (TPSA) is 79.4 Å². The van der Waals surface area contributed by atoms with Crippen LogP contribution in [-0.2, 0) is 14.8 Å². The number of nitrogens with one attached hydrogen (secondary N) is 1. The lowest BCUT2D eigenvalue weighted by Crippen LogP contribution is -2.40. The van der Waals surface area contributed by atoms with Gasteiger partial charge in [-0.25, -0.2) is 17.7 Å². The van der Waals surface area contributed by atoms with E-state index in [9.17, 15) is 13.2 Å². The number of para-hydroxylation sites is 1. The number of fused-ring (bicyclic) bond motifs is 1. The summed E-state index contributed by atoms with van der Waals surface area (Å²) in [5.74, 6) is -0.247. The van der Waals surface area contributed by atoms with E-state index >= 15 is 0 Å². The molecule has 6 nitrogen and oxygen atoms in total. The molecule has 0 bridgehead atoms. The van der Waals surface area contributed by atoms with Crippen molar-refractivity contribution in [2.24, 2.45) is 5.92 Å². The summed E-state index contributed by atoms with van der Waals surface area (Å²) in [4.78, 5) is 18.1. The van der Waals surface area contributed by atoms with E-state index in [1.54, 1.807) is 11.8 Å². The monoisotopic (exact) mass is 385 g/mol. The molecule has 9 heteroatoms. The standard InChI is InChI=1S/C15H19N3O3S3/c1-22-11-4-3-5-12-13(11)16-15(23-12)17-14(19)10-6-8-18(9-7-10)24(2,20)21/h3-5,10H,6-9H2,1-2H3,(H,16,17,19). The van der Waals surface area contributed by atoms with Crippen molar-refractivity contribution in [2.75, 3.05) is 30.9 Å². The SMILES string of the molecule is CSc1cccc2sc(NC(=O)C3CCN(S(C)(=O)=O)CC3)nc12. The number of benzene rings is 1. The summed E-state index contributed by atoms with van der Waals surface area (Å²) < 4.78 is 25.5. The van der Waals surface area contributed by atoms with Gasteiger partial charge in [0.25, 0.3) is 0 Å². The molecule has 1 fully saturated rings. The molecule has 130 valence electrons. The van der Waals surface area contributed by atoms with Crippen LogP contribution >= 0.6 is 23.1 Å². The van der Waals surface area contributed by atoms with Crippen molar-refractivity contribution in [1.29, 1.82) is 0 Å². The molecule has 1 aromatic carbocycles. The number of carbonyl (C=O) groups is 1. The largest absolute Gasteiger partial charge is 0.302 e. The number of nitrogens with zero attached hydrogens (tertiary/aromatic N) is 2. The number of piperidine rings is 1. The van der Waals surface area contributed by atoms with Gasteiger partial charge in [-0.05, 0) is 31.2 Å². The number of anilines is 1. The van der Waals surface area contributed by atoms with E-state index in [0.717, 1.165) is 15.1 Å². The zero-order chi connectivity index (χ0) is 17.3. The molecule has 1 aliphatic rings. The minimum atomic E-state index is -3.17. The normalized spacial score (nSPS) is 17.2. The highest BCUT2D eigenvalue weighted by Crippen LogP contribution is 2.32. The Labute approximate surface area is 149 Å². The maximum Gasteiger partial charge on any atom is 0.229 e. The number of aromatic nitrogens is 1. The summed E-state index contributed by atoms with van der Waals surface area (Å²) in [7, 11) is -3.17. The molecule has 1 N–H and O–H groups in total. The minimum Gasteiger partial charge on any atom is -0.302 e. The van der Waals surface area contributed by atoms with Crippen molar-refractivity contribution in [1.82, 2.24) is 9.29 Å². The number of thiazole rings is 1. The fourth-order valence-corrected chi connectivity index (χ4v) is 5.20. The first-order chi connectivity index (χ1) is 11.4. The van der Waals surface area contributed by atoms with E-state index < -0.39 is 10.0 Å². The van der Waals surface area contributed by atoms with Crippen LogP contribution in [-0.4, -0.2) is 49.2 Å². The lowest BCUT2D eigenvalue weighted by atomic mass is 9.97. The van der Waals surface area contributed by atoms with Gasteiger partial charge in [0.2, 0.25) is 15.9 Å². The van der Waals surface area contributed by atoms with Crippen LogP contribution < -0.4 is 5.32 Å². The van der Waals surface area contributed by atoms with E-state index in [2.05, 4.69) is 10.3 Å². The fraction of sp³-hybridized carbons (Fsp3) is 0.467. The third kappa shape index (κ3) is 3.74. The molecule has 0 aliphatic carbocycles. The first-order valence-corrected chi connectivity index (χ1v) is 11.5. The lowest BCUT2D eigenvalue weighted by molar-refractivity contribution is -0.120. The highest BCUT2D eigenvalue weighted by molar-refractivity contribution is 7.98. The summed E-state index contributed by atoms with van der Waals surface area (Å²) in [6, 6.07) is 5.99. The summed E-state index contributed by atoms with van der Waals surface area (Å²) in [5, 5.41) is 3.50. The number of rotatable bonds is 4. The van der Waals surface area contributed by atoms with Gasteiger partial charge in [0.05, 0.1) is 16.5 Å². The van der Waals surface area contributed by atoms with Gasteiger partial charge < -0.3 is 5.32 Å². The minimum absolute atomic E-state index is 0.0760. The molecular weight excluding hydrogens is 366 g/mol. The average Bonchev–Trinajstić information content (AvgIpc) is 2.96. The van der Waals surface area contributed by atoms with Crippen molar-refractivity contribution < 1.29 is 13.2 Å². The number of amides is 1. The predicted molar refractivity (Wildman–Crippen MR) is 99.2 cm³/mol. The van der Waals surface area contributed by atoms with Gasteiger partial charge in [0, 0.05) is 23.9 Å². The number of sulfonamides is 1. The van der Waals surface area contributed by atoms with E-state index in [1.165, 1.54) is 21.9 Å². The molecule has 1 saturated heterocycles. The Hall–Kier alpha value is -1.16. The van der Waals surface area contributed by atoms with Crippen molar-refractivity contribution in [3.8, 4) is 0 Å². The summed E-state index contributed by atoms with van der Waals surface area (Å²) in [6.45, 7) is 0.792. The van der Waals surface area contributed by atoms with Crippen LogP contribution in [0.3, 0.4) is 0 Å². The quantitative estimate of drug-likeness (QED) is 0.819. The van der Waals surface area contributed by atoms with Gasteiger partial charge >= 0.3 is 0 Å². The van der Waals surface area contributed by atoms with Crippen molar-refractivity contribution in [3.05, 3.63) is 18.2 Å². The summed E-state index contributed by atoms with van der Waals surface area (Å²) in [6.07, 6.45) is 4.29.